The summed E-state index contributed by atoms with van der Waals surface area (Å²) in [6.07, 6.45) is 12.1. The number of aromatic nitrogens is 1. The third kappa shape index (κ3) is 7.04. The third-order valence-electron chi connectivity index (χ3n) is 12.2. The predicted molar refractivity (Wildman–Crippen MR) is 206 cm³/mol. The number of carbonyl (C=O) groups excluding carboxylic acids is 1. The summed E-state index contributed by atoms with van der Waals surface area (Å²) in [5, 5.41) is 25.2. The van der Waals surface area contributed by atoms with Gasteiger partial charge in [-0.25, -0.2) is 4.98 Å². The SMILES string of the molecule is COc1cc(O)cc2c1-c1ccc3c(c1C1(CCC(Cc4ccc(N)nc4)C1)C2)OC(c1ccc(O)c(OCCNC2CCCCC2)c1)C3COC(C)=O. The van der Waals surface area contributed by atoms with Crippen molar-refractivity contribution in [2.75, 3.05) is 32.6 Å². The van der Waals surface area contributed by atoms with Crippen molar-refractivity contribution in [2.45, 2.75) is 94.6 Å². The Hall–Kier alpha value is -4.96. The smallest absolute Gasteiger partial charge is 0.302 e. The van der Waals surface area contributed by atoms with Crippen molar-refractivity contribution in [2.24, 2.45) is 5.92 Å². The molecule has 0 saturated heterocycles. The van der Waals surface area contributed by atoms with Crippen LogP contribution >= 0.6 is 0 Å². The predicted octanol–water partition coefficient (Wildman–Crippen LogP) is 7.67. The van der Waals surface area contributed by atoms with Gasteiger partial charge in [-0.3, -0.25) is 4.79 Å². The van der Waals surface area contributed by atoms with Gasteiger partial charge in [0.05, 0.1) is 13.0 Å². The lowest BCUT2D eigenvalue weighted by Gasteiger charge is -2.39. The van der Waals surface area contributed by atoms with Crippen LogP contribution in [0.25, 0.3) is 11.1 Å². The molecule has 0 radical (unpaired) electrons. The van der Waals surface area contributed by atoms with Crippen molar-refractivity contribution in [3.8, 4) is 39.9 Å². The van der Waals surface area contributed by atoms with Crippen LogP contribution in [0.1, 0.15) is 98.1 Å². The largest absolute Gasteiger partial charge is 0.508 e. The van der Waals surface area contributed by atoms with Gasteiger partial charge < -0.3 is 40.2 Å². The Bertz CT molecular complexity index is 2010. The van der Waals surface area contributed by atoms with Gasteiger partial charge in [-0.2, -0.15) is 0 Å². The van der Waals surface area contributed by atoms with E-state index in [9.17, 15) is 15.0 Å². The van der Waals surface area contributed by atoms with Crippen LogP contribution in [0.3, 0.4) is 0 Å². The van der Waals surface area contributed by atoms with Crippen LogP contribution in [0, 0.1) is 5.92 Å². The number of hydrogen-bond acceptors (Lipinski definition) is 10. The van der Waals surface area contributed by atoms with E-state index >= 15 is 0 Å². The van der Waals surface area contributed by atoms with Gasteiger partial charge in [-0.1, -0.05) is 43.5 Å². The van der Waals surface area contributed by atoms with Crippen LogP contribution < -0.4 is 25.3 Å². The Morgan fingerprint density at radius 2 is 1.89 bits per heavy atom. The monoisotopic (exact) mass is 733 g/mol. The number of nitrogen functional groups attached to an aromatic ring is 1. The lowest BCUT2D eigenvalue weighted by atomic mass is 9.65. The number of benzene rings is 3. The minimum Gasteiger partial charge on any atom is -0.508 e. The molecule has 0 bridgehead atoms. The maximum absolute atomic E-state index is 12.2. The highest BCUT2D eigenvalue weighted by atomic mass is 16.5. The fourth-order valence-corrected chi connectivity index (χ4v) is 9.77. The van der Waals surface area contributed by atoms with Crippen LogP contribution in [-0.4, -0.2) is 54.1 Å². The molecule has 3 aliphatic carbocycles. The molecular weight excluding hydrogens is 682 g/mol. The Labute approximate surface area is 317 Å². The zero-order valence-electron chi connectivity index (χ0n) is 31.2. The molecule has 2 fully saturated rings. The quantitative estimate of drug-likeness (QED) is 0.0895. The lowest BCUT2D eigenvalue weighted by Crippen LogP contribution is -2.34. The minimum absolute atomic E-state index is 0.0695. The Morgan fingerprint density at radius 1 is 1.04 bits per heavy atom. The molecule has 1 spiro atoms. The van der Waals surface area contributed by atoms with Gasteiger partial charge in [0.25, 0.3) is 0 Å². The van der Waals surface area contributed by atoms with Crippen molar-refractivity contribution >= 4 is 11.8 Å². The van der Waals surface area contributed by atoms with Crippen LogP contribution in [0.2, 0.25) is 0 Å². The average Bonchev–Trinajstić information content (AvgIpc) is 3.74. The maximum atomic E-state index is 12.2. The van der Waals surface area contributed by atoms with Crippen LogP contribution in [0.5, 0.6) is 28.7 Å². The van der Waals surface area contributed by atoms with E-state index in [1.54, 1.807) is 19.2 Å². The molecule has 1 aromatic heterocycles. The zero-order valence-corrected chi connectivity index (χ0v) is 31.2. The number of rotatable bonds is 11. The highest BCUT2D eigenvalue weighted by Gasteiger charge is 2.50. The van der Waals surface area contributed by atoms with Crippen molar-refractivity contribution < 1.29 is 34.0 Å². The molecule has 2 saturated carbocycles. The highest BCUT2D eigenvalue weighted by molar-refractivity contribution is 5.84. The Kier molecular flexibility index (Phi) is 10.0. The summed E-state index contributed by atoms with van der Waals surface area (Å²) in [6.45, 7) is 2.69. The molecule has 54 heavy (non-hydrogen) atoms. The van der Waals surface area contributed by atoms with Gasteiger partial charge in [0, 0.05) is 53.9 Å². The van der Waals surface area contributed by atoms with Crippen LogP contribution in [0.4, 0.5) is 5.82 Å². The summed E-state index contributed by atoms with van der Waals surface area (Å²) in [6, 6.07) is 17.6. The highest BCUT2D eigenvalue weighted by Crippen LogP contribution is 2.62. The summed E-state index contributed by atoms with van der Waals surface area (Å²) >= 11 is 0. The first kappa shape index (κ1) is 36.0. The molecule has 10 heteroatoms. The van der Waals surface area contributed by atoms with Crippen molar-refractivity contribution in [1.29, 1.82) is 0 Å². The Morgan fingerprint density at radius 3 is 2.67 bits per heavy atom. The number of methoxy groups -OCH3 is 1. The molecule has 284 valence electrons. The van der Waals surface area contributed by atoms with Crippen molar-refractivity contribution in [1.82, 2.24) is 10.3 Å². The second-order valence-electron chi connectivity index (χ2n) is 15.8. The first-order valence-corrected chi connectivity index (χ1v) is 19.5. The fourth-order valence-electron chi connectivity index (χ4n) is 9.77. The lowest BCUT2D eigenvalue weighted by molar-refractivity contribution is -0.141. The summed E-state index contributed by atoms with van der Waals surface area (Å²) in [7, 11) is 1.64. The van der Waals surface area contributed by atoms with Crippen molar-refractivity contribution in [3.05, 3.63) is 88.6 Å². The summed E-state index contributed by atoms with van der Waals surface area (Å²) in [5.41, 5.74) is 12.8. The van der Waals surface area contributed by atoms with Gasteiger partial charge in [0.15, 0.2) is 11.5 Å². The molecule has 3 aromatic carbocycles. The first-order chi connectivity index (χ1) is 26.2. The Balaban J connectivity index is 1.15. The number of anilines is 1. The number of pyridine rings is 1. The van der Waals surface area contributed by atoms with E-state index in [4.69, 9.17) is 24.7 Å². The van der Waals surface area contributed by atoms with Gasteiger partial charge in [-0.05, 0) is 97.4 Å². The first-order valence-electron chi connectivity index (χ1n) is 19.5. The molecule has 4 aromatic rings. The molecule has 4 unspecified atom stereocenters. The number of fused-ring (bicyclic) bond motifs is 6. The number of esters is 1. The van der Waals surface area contributed by atoms with Gasteiger partial charge >= 0.3 is 5.97 Å². The molecule has 1 aliphatic heterocycles. The van der Waals surface area contributed by atoms with Crippen LogP contribution in [0.15, 0.2) is 60.8 Å². The number of phenols is 2. The van der Waals surface area contributed by atoms with Gasteiger partial charge in [0.2, 0.25) is 0 Å². The van der Waals surface area contributed by atoms with E-state index in [1.165, 1.54) is 39.0 Å². The zero-order chi connectivity index (χ0) is 37.4. The average molecular weight is 734 g/mol. The van der Waals surface area contributed by atoms with Gasteiger partial charge in [0.1, 0.15) is 42.4 Å². The van der Waals surface area contributed by atoms with E-state index in [1.807, 2.05) is 30.5 Å². The normalized spacial score (nSPS) is 23.0. The third-order valence-corrected chi connectivity index (χ3v) is 12.2. The number of nitrogens with zero attached hydrogens (tertiary/aromatic N) is 1. The number of aromatic hydroxyl groups is 2. The molecule has 2 heterocycles. The maximum Gasteiger partial charge on any atom is 0.302 e. The molecule has 5 N–H and O–H groups in total. The molecule has 4 atom stereocenters. The summed E-state index contributed by atoms with van der Waals surface area (Å²) in [5.74, 6) is 2.35. The number of nitrogens with one attached hydrogen (secondary N) is 1. The number of carbonyl (C=O) groups is 1. The molecule has 8 rings (SSSR count). The second-order valence-corrected chi connectivity index (χ2v) is 15.8. The number of nitrogens with two attached hydrogens (primary N) is 1. The molecule has 0 amide bonds. The molecular formula is C44H51N3O7. The minimum atomic E-state index is -0.493. The fraction of sp³-hybridized carbons (Fsp3) is 0.455. The van der Waals surface area contributed by atoms with Crippen molar-refractivity contribution in [3.63, 3.8) is 0 Å². The summed E-state index contributed by atoms with van der Waals surface area (Å²) in [4.78, 5) is 16.6. The topological polar surface area (TPSA) is 145 Å². The van der Waals surface area contributed by atoms with E-state index < -0.39 is 6.10 Å². The molecule has 10 nitrogen and oxygen atoms in total. The van der Waals surface area contributed by atoms with E-state index in [2.05, 4.69) is 28.5 Å². The van der Waals surface area contributed by atoms with E-state index in [0.29, 0.717) is 42.4 Å². The molecule has 4 aliphatic rings. The summed E-state index contributed by atoms with van der Waals surface area (Å²) < 4.78 is 24.9. The standard InChI is InChI=1S/C44H51N3O7/c1-26(48)53-25-35-33-10-11-34-40-30(19-32(49)21-38(40)51-2)23-44(15-14-27(22-44)18-28-8-13-39(45)47-24-28)41(34)43(33)54-42(35)29-9-12-36(50)37(20-29)52-17-16-46-31-6-4-3-5-7-31/h8-13,19-21,24,27,31,35,42,46,49-50H,3-7,14-18,22-23,25H2,1-2H3,(H2,45,47). The second kappa shape index (κ2) is 15.1. The number of hydrogen-bond donors (Lipinski definition) is 4. The van der Waals surface area contributed by atoms with E-state index in [0.717, 1.165) is 76.8 Å². The van der Waals surface area contributed by atoms with Gasteiger partial charge in [-0.15, -0.1) is 0 Å². The van der Waals surface area contributed by atoms with E-state index in [-0.39, 0.29) is 35.4 Å². The number of ether oxygens (including phenoxy) is 4. The number of phenolic OH excluding ortho intramolecular Hbond substituents is 2. The van der Waals surface area contributed by atoms with Crippen LogP contribution in [-0.2, 0) is 27.8 Å².